The molecule has 0 spiro atoms. The van der Waals surface area contributed by atoms with E-state index in [4.69, 9.17) is 12.2 Å². The average molecular weight is 228 g/mol. The minimum atomic E-state index is -0.692. The summed E-state index contributed by atoms with van der Waals surface area (Å²) < 4.78 is 0. The van der Waals surface area contributed by atoms with Crippen LogP contribution >= 0.6 is 0 Å². The molecule has 1 atom stereocenters. The first-order valence-electron chi connectivity index (χ1n) is 5.14. The summed E-state index contributed by atoms with van der Waals surface area (Å²) in [6, 6.07) is 4.79. The predicted octanol–water partition coefficient (Wildman–Crippen LogP) is 0.852. The first-order valence-corrected chi connectivity index (χ1v) is 5.14. The molecular weight excluding hydrogens is 216 g/mol. The van der Waals surface area contributed by atoms with Gasteiger partial charge in [0.25, 0.3) is 0 Å². The van der Waals surface area contributed by atoms with Gasteiger partial charge in [-0.2, -0.15) is 5.10 Å². The molecule has 1 aromatic carbocycles. The Morgan fingerprint density at radius 3 is 3.24 bits per heavy atom. The molecule has 0 bridgehead atoms. The molecule has 0 radical (unpaired) electrons. The molecule has 86 valence electrons. The smallest absolute Gasteiger partial charge is 0.242 e. The van der Waals surface area contributed by atoms with Crippen LogP contribution in [0.15, 0.2) is 24.4 Å². The molecule has 0 aliphatic heterocycles. The monoisotopic (exact) mass is 228 g/mol. The number of benzene rings is 1. The quantitative estimate of drug-likeness (QED) is 0.681. The van der Waals surface area contributed by atoms with E-state index in [2.05, 4.69) is 21.4 Å². The van der Waals surface area contributed by atoms with Crippen LogP contribution in [-0.4, -0.2) is 22.1 Å². The number of nitrogens with one attached hydrogen (secondary N) is 2. The molecule has 5 heteroatoms. The maximum Gasteiger partial charge on any atom is 0.242 e. The normalized spacial score (nSPS) is 12.0. The van der Waals surface area contributed by atoms with Crippen LogP contribution in [-0.2, 0) is 4.79 Å². The standard InChI is InChI=1S/C12H12N4O/c1-2-4-9(13)12(17)15-10-5-3-6-11-8(10)7-14-16-11/h1,3,5-7,9H,4,13H2,(H,14,16)(H,15,17). The molecule has 2 aromatic rings. The minimum Gasteiger partial charge on any atom is -0.324 e. The first-order chi connectivity index (χ1) is 8.22. The molecule has 1 unspecified atom stereocenters. The summed E-state index contributed by atoms with van der Waals surface area (Å²) in [4.78, 5) is 11.7. The Morgan fingerprint density at radius 1 is 1.65 bits per heavy atom. The second-order valence-corrected chi connectivity index (χ2v) is 3.64. The zero-order valence-electron chi connectivity index (χ0n) is 9.10. The van der Waals surface area contributed by atoms with Gasteiger partial charge < -0.3 is 11.1 Å². The number of H-pyrrole nitrogens is 1. The van der Waals surface area contributed by atoms with Crippen LogP contribution in [0.5, 0.6) is 0 Å². The summed E-state index contributed by atoms with van der Waals surface area (Å²) >= 11 is 0. The van der Waals surface area contributed by atoms with Gasteiger partial charge in [-0.1, -0.05) is 6.07 Å². The van der Waals surface area contributed by atoms with E-state index in [9.17, 15) is 4.79 Å². The molecule has 1 aromatic heterocycles. The molecule has 1 amide bonds. The van der Waals surface area contributed by atoms with Gasteiger partial charge in [0.2, 0.25) is 5.91 Å². The number of nitrogens with zero attached hydrogens (tertiary/aromatic N) is 1. The van der Waals surface area contributed by atoms with Crippen molar-refractivity contribution in [1.82, 2.24) is 10.2 Å². The molecule has 4 N–H and O–H groups in total. The van der Waals surface area contributed by atoms with Crippen LogP contribution in [0, 0.1) is 12.3 Å². The second-order valence-electron chi connectivity index (χ2n) is 3.64. The average Bonchev–Trinajstić information content (AvgIpc) is 2.78. The van der Waals surface area contributed by atoms with Crippen molar-refractivity contribution in [2.45, 2.75) is 12.5 Å². The number of fused-ring (bicyclic) bond motifs is 1. The Morgan fingerprint density at radius 2 is 2.47 bits per heavy atom. The lowest BCUT2D eigenvalue weighted by Crippen LogP contribution is -2.35. The van der Waals surface area contributed by atoms with Crippen molar-refractivity contribution in [3.05, 3.63) is 24.4 Å². The Kier molecular flexibility index (Phi) is 3.08. The van der Waals surface area contributed by atoms with E-state index in [-0.39, 0.29) is 12.3 Å². The molecular formula is C12H12N4O. The largest absolute Gasteiger partial charge is 0.324 e. The van der Waals surface area contributed by atoms with E-state index in [1.807, 2.05) is 12.1 Å². The van der Waals surface area contributed by atoms with Crippen LogP contribution in [0.3, 0.4) is 0 Å². The molecule has 2 rings (SSSR count). The topological polar surface area (TPSA) is 83.8 Å². The third-order valence-electron chi connectivity index (χ3n) is 2.42. The summed E-state index contributed by atoms with van der Waals surface area (Å²) in [5, 5.41) is 10.3. The number of carbonyl (C=O) groups is 1. The van der Waals surface area contributed by atoms with Gasteiger partial charge in [-0.3, -0.25) is 9.89 Å². The van der Waals surface area contributed by atoms with Crippen molar-refractivity contribution in [2.75, 3.05) is 5.32 Å². The highest BCUT2D eigenvalue weighted by atomic mass is 16.2. The number of terminal acetylenes is 1. The summed E-state index contributed by atoms with van der Waals surface area (Å²) in [7, 11) is 0. The van der Waals surface area contributed by atoms with Gasteiger partial charge in [-0.15, -0.1) is 12.3 Å². The number of anilines is 1. The van der Waals surface area contributed by atoms with Crippen molar-refractivity contribution >= 4 is 22.5 Å². The molecule has 0 saturated heterocycles. The van der Waals surface area contributed by atoms with Gasteiger partial charge in [0.15, 0.2) is 0 Å². The van der Waals surface area contributed by atoms with Crippen LogP contribution in [0.4, 0.5) is 5.69 Å². The summed E-state index contributed by atoms with van der Waals surface area (Å²) in [6.07, 6.45) is 6.98. The highest BCUT2D eigenvalue weighted by molar-refractivity contribution is 6.02. The number of hydrogen-bond donors (Lipinski definition) is 3. The van der Waals surface area contributed by atoms with E-state index in [1.165, 1.54) is 0 Å². The molecule has 0 fully saturated rings. The third-order valence-corrected chi connectivity index (χ3v) is 2.42. The van der Waals surface area contributed by atoms with E-state index in [1.54, 1.807) is 12.3 Å². The number of rotatable bonds is 3. The number of aromatic nitrogens is 2. The minimum absolute atomic E-state index is 0.215. The van der Waals surface area contributed by atoms with Gasteiger partial charge in [0.1, 0.15) is 0 Å². The molecule has 5 nitrogen and oxygen atoms in total. The lowest BCUT2D eigenvalue weighted by molar-refractivity contribution is -0.117. The molecule has 1 heterocycles. The van der Waals surface area contributed by atoms with E-state index < -0.39 is 6.04 Å². The fourth-order valence-corrected chi connectivity index (χ4v) is 1.52. The number of amides is 1. The van der Waals surface area contributed by atoms with E-state index in [0.717, 1.165) is 10.9 Å². The van der Waals surface area contributed by atoms with Crippen molar-refractivity contribution in [2.24, 2.45) is 5.73 Å². The lowest BCUT2D eigenvalue weighted by atomic mass is 10.2. The zero-order chi connectivity index (χ0) is 12.3. The fraction of sp³-hybridized carbons (Fsp3) is 0.167. The van der Waals surface area contributed by atoms with Gasteiger partial charge in [-0.05, 0) is 12.1 Å². The number of nitrogens with two attached hydrogens (primary N) is 1. The number of carbonyl (C=O) groups excluding carboxylic acids is 1. The van der Waals surface area contributed by atoms with Gasteiger partial charge in [-0.25, -0.2) is 0 Å². The highest BCUT2D eigenvalue weighted by Gasteiger charge is 2.13. The second kappa shape index (κ2) is 4.68. The Balaban J connectivity index is 2.21. The van der Waals surface area contributed by atoms with Crippen molar-refractivity contribution in [3.63, 3.8) is 0 Å². The maximum atomic E-state index is 11.7. The lowest BCUT2D eigenvalue weighted by Gasteiger charge is -2.10. The summed E-state index contributed by atoms with van der Waals surface area (Å²) in [5.74, 6) is 2.07. The van der Waals surface area contributed by atoms with Crippen molar-refractivity contribution in [3.8, 4) is 12.3 Å². The summed E-state index contributed by atoms with van der Waals surface area (Å²) in [5.41, 5.74) is 7.15. The fourth-order valence-electron chi connectivity index (χ4n) is 1.52. The summed E-state index contributed by atoms with van der Waals surface area (Å²) in [6.45, 7) is 0. The van der Waals surface area contributed by atoms with Gasteiger partial charge in [0, 0.05) is 11.8 Å². The molecule has 0 saturated carbocycles. The van der Waals surface area contributed by atoms with Crippen LogP contribution in [0.2, 0.25) is 0 Å². The molecule has 17 heavy (non-hydrogen) atoms. The predicted molar refractivity (Wildman–Crippen MR) is 66.1 cm³/mol. The Hall–Kier alpha value is -2.32. The van der Waals surface area contributed by atoms with Crippen LogP contribution in [0.25, 0.3) is 10.9 Å². The van der Waals surface area contributed by atoms with E-state index in [0.29, 0.717) is 5.69 Å². The van der Waals surface area contributed by atoms with Crippen molar-refractivity contribution in [1.29, 1.82) is 0 Å². The first kappa shape index (κ1) is 11.2. The van der Waals surface area contributed by atoms with Crippen LogP contribution in [0.1, 0.15) is 6.42 Å². The number of aromatic amines is 1. The SMILES string of the molecule is C#CCC(N)C(=O)Nc1cccc2[nH]ncc12. The Labute approximate surface area is 98.4 Å². The maximum absolute atomic E-state index is 11.7. The van der Waals surface area contributed by atoms with Crippen LogP contribution < -0.4 is 11.1 Å². The Bertz CT molecular complexity index is 581. The van der Waals surface area contributed by atoms with Gasteiger partial charge in [0.05, 0.1) is 23.4 Å². The molecule has 0 aliphatic carbocycles. The van der Waals surface area contributed by atoms with Gasteiger partial charge >= 0.3 is 0 Å². The molecule has 0 aliphatic rings. The van der Waals surface area contributed by atoms with E-state index >= 15 is 0 Å². The zero-order valence-corrected chi connectivity index (χ0v) is 9.10. The highest BCUT2D eigenvalue weighted by Crippen LogP contribution is 2.20. The van der Waals surface area contributed by atoms with Crippen molar-refractivity contribution < 1.29 is 4.79 Å². The third kappa shape index (κ3) is 2.27. The number of hydrogen-bond acceptors (Lipinski definition) is 3.